The lowest BCUT2D eigenvalue weighted by atomic mass is 9.87. The minimum atomic E-state index is -0.220. The number of halogens is 1. The molecule has 5 rings (SSSR count). The number of amides is 1. The Bertz CT molecular complexity index is 1360. The molecule has 5 nitrogen and oxygen atoms in total. The van der Waals surface area contributed by atoms with Crippen molar-refractivity contribution in [3.05, 3.63) is 95.9 Å². The van der Waals surface area contributed by atoms with Crippen LogP contribution in [0.2, 0.25) is 0 Å². The molecule has 1 saturated heterocycles. The zero-order chi connectivity index (χ0) is 25.1. The molecule has 6 heteroatoms. The van der Waals surface area contributed by atoms with E-state index < -0.39 is 0 Å². The number of nitrogens with zero attached hydrogens (tertiary/aromatic N) is 3. The molecule has 0 spiro atoms. The minimum Gasteiger partial charge on any atom is -0.497 e. The third-order valence-corrected chi connectivity index (χ3v) is 7.24. The third kappa shape index (κ3) is 4.68. The SMILES string of the molecule is CCn1cc([C@H](CC(=O)N2CCN(c3ccccc3F)CC2)c2cccc(OC)c2)c2ccccc21. The Morgan fingerprint density at radius 3 is 2.47 bits per heavy atom. The number of anilines is 1. The van der Waals surface area contributed by atoms with Crippen molar-refractivity contribution in [1.29, 1.82) is 0 Å². The van der Waals surface area contributed by atoms with E-state index in [9.17, 15) is 9.18 Å². The van der Waals surface area contributed by atoms with E-state index in [4.69, 9.17) is 4.74 Å². The number of aromatic nitrogens is 1. The third-order valence-electron chi connectivity index (χ3n) is 7.24. The summed E-state index contributed by atoms with van der Waals surface area (Å²) < 4.78 is 22.0. The smallest absolute Gasteiger partial charge is 0.223 e. The summed E-state index contributed by atoms with van der Waals surface area (Å²) in [5.41, 5.74) is 3.99. The molecule has 0 unspecified atom stereocenters. The first-order valence-corrected chi connectivity index (χ1v) is 12.6. The van der Waals surface area contributed by atoms with Gasteiger partial charge in [0.15, 0.2) is 0 Å². The Kier molecular flexibility index (Phi) is 6.94. The van der Waals surface area contributed by atoms with Crippen molar-refractivity contribution in [1.82, 2.24) is 9.47 Å². The van der Waals surface area contributed by atoms with Gasteiger partial charge in [-0.25, -0.2) is 4.39 Å². The minimum absolute atomic E-state index is 0.102. The van der Waals surface area contributed by atoms with Crippen LogP contribution in [-0.4, -0.2) is 48.7 Å². The van der Waals surface area contributed by atoms with Gasteiger partial charge < -0.3 is 19.1 Å². The van der Waals surface area contributed by atoms with Gasteiger partial charge in [-0.05, 0) is 48.4 Å². The topological polar surface area (TPSA) is 37.7 Å². The van der Waals surface area contributed by atoms with Gasteiger partial charge in [0.2, 0.25) is 5.91 Å². The van der Waals surface area contributed by atoms with E-state index in [0.717, 1.165) is 23.4 Å². The van der Waals surface area contributed by atoms with E-state index in [-0.39, 0.29) is 17.6 Å². The summed E-state index contributed by atoms with van der Waals surface area (Å²) in [5.74, 6) is 0.574. The Morgan fingerprint density at radius 2 is 1.72 bits per heavy atom. The van der Waals surface area contributed by atoms with Crippen LogP contribution in [0.4, 0.5) is 10.1 Å². The predicted octanol–water partition coefficient (Wildman–Crippen LogP) is 5.68. The van der Waals surface area contributed by atoms with Crippen LogP contribution in [0.15, 0.2) is 79.0 Å². The number of ether oxygens (including phenoxy) is 1. The van der Waals surface area contributed by atoms with E-state index in [2.05, 4.69) is 48.0 Å². The summed E-state index contributed by atoms with van der Waals surface area (Å²) in [6.07, 6.45) is 2.56. The molecule has 2 heterocycles. The summed E-state index contributed by atoms with van der Waals surface area (Å²) in [7, 11) is 1.66. The van der Waals surface area contributed by atoms with Gasteiger partial charge in [-0.15, -0.1) is 0 Å². The molecule has 0 saturated carbocycles. The maximum Gasteiger partial charge on any atom is 0.223 e. The molecule has 1 aliphatic rings. The Morgan fingerprint density at radius 1 is 0.972 bits per heavy atom. The van der Waals surface area contributed by atoms with E-state index >= 15 is 0 Å². The fourth-order valence-corrected chi connectivity index (χ4v) is 5.29. The Hall–Kier alpha value is -3.80. The first-order chi connectivity index (χ1) is 17.6. The average molecular weight is 486 g/mol. The van der Waals surface area contributed by atoms with E-state index in [0.29, 0.717) is 38.3 Å². The van der Waals surface area contributed by atoms with Crippen LogP contribution >= 0.6 is 0 Å². The van der Waals surface area contributed by atoms with E-state index in [1.807, 2.05) is 34.1 Å². The molecular weight excluding hydrogens is 453 g/mol. The van der Waals surface area contributed by atoms with Crippen molar-refractivity contribution >= 4 is 22.5 Å². The highest BCUT2D eigenvalue weighted by Gasteiger charge is 2.28. The second kappa shape index (κ2) is 10.4. The molecule has 1 aromatic heterocycles. The normalized spacial score (nSPS) is 14.8. The lowest BCUT2D eigenvalue weighted by Crippen LogP contribution is -2.49. The number of aryl methyl sites for hydroxylation is 1. The number of benzene rings is 3. The molecule has 186 valence electrons. The first-order valence-electron chi connectivity index (χ1n) is 12.6. The van der Waals surface area contributed by atoms with Crippen molar-refractivity contribution in [2.45, 2.75) is 25.8 Å². The lowest BCUT2D eigenvalue weighted by Gasteiger charge is -2.36. The second-order valence-electron chi connectivity index (χ2n) is 9.24. The van der Waals surface area contributed by atoms with Crippen LogP contribution in [0.5, 0.6) is 5.75 Å². The fourth-order valence-electron chi connectivity index (χ4n) is 5.29. The van der Waals surface area contributed by atoms with Gasteiger partial charge in [0.05, 0.1) is 12.8 Å². The number of para-hydroxylation sites is 2. The van der Waals surface area contributed by atoms with Crippen molar-refractivity contribution < 1.29 is 13.9 Å². The average Bonchev–Trinajstić information content (AvgIpc) is 3.30. The highest BCUT2D eigenvalue weighted by molar-refractivity contribution is 5.87. The predicted molar refractivity (Wildman–Crippen MR) is 142 cm³/mol. The molecule has 3 aromatic carbocycles. The monoisotopic (exact) mass is 485 g/mol. The maximum absolute atomic E-state index is 14.3. The van der Waals surface area contributed by atoms with Crippen LogP contribution in [0.25, 0.3) is 10.9 Å². The van der Waals surface area contributed by atoms with Crippen LogP contribution < -0.4 is 9.64 Å². The number of carbonyl (C=O) groups excluding carboxylic acids is 1. The van der Waals surface area contributed by atoms with E-state index in [1.165, 1.54) is 17.0 Å². The highest BCUT2D eigenvalue weighted by atomic mass is 19.1. The van der Waals surface area contributed by atoms with Gasteiger partial charge in [0.25, 0.3) is 0 Å². The molecule has 0 bridgehead atoms. The van der Waals surface area contributed by atoms with Crippen molar-refractivity contribution in [3.8, 4) is 5.75 Å². The van der Waals surface area contributed by atoms with Gasteiger partial charge in [-0.3, -0.25) is 4.79 Å². The molecule has 4 aromatic rings. The number of rotatable bonds is 7. The van der Waals surface area contributed by atoms with Crippen molar-refractivity contribution in [2.24, 2.45) is 0 Å². The number of hydrogen-bond donors (Lipinski definition) is 0. The van der Waals surface area contributed by atoms with Crippen LogP contribution in [0.1, 0.15) is 30.4 Å². The Labute approximate surface area is 211 Å². The number of fused-ring (bicyclic) bond motifs is 1. The zero-order valence-electron chi connectivity index (χ0n) is 20.9. The summed E-state index contributed by atoms with van der Waals surface area (Å²) in [4.78, 5) is 17.6. The van der Waals surface area contributed by atoms with Crippen LogP contribution in [-0.2, 0) is 11.3 Å². The number of hydrogen-bond acceptors (Lipinski definition) is 3. The van der Waals surface area contributed by atoms with Crippen LogP contribution in [0, 0.1) is 5.82 Å². The number of methoxy groups -OCH3 is 1. The first kappa shape index (κ1) is 23.9. The highest BCUT2D eigenvalue weighted by Crippen LogP contribution is 2.36. The van der Waals surface area contributed by atoms with Crippen LogP contribution in [0.3, 0.4) is 0 Å². The van der Waals surface area contributed by atoms with Crippen molar-refractivity contribution in [2.75, 3.05) is 38.2 Å². The number of piperazine rings is 1. The lowest BCUT2D eigenvalue weighted by molar-refractivity contribution is -0.131. The molecule has 0 aliphatic carbocycles. The molecular formula is C30H32FN3O2. The number of carbonyl (C=O) groups is 1. The summed E-state index contributed by atoms with van der Waals surface area (Å²) in [6.45, 7) is 5.38. The zero-order valence-corrected chi connectivity index (χ0v) is 20.9. The summed E-state index contributed by atoms with van der Waals surface area (Å²) >= 11 is 0. The molecule has 0 N–H and O–H groups in total. The molecule has 36 heavy (non-hydrogen) atoms. The summed E-state index contributed by atoms with van der Waals surface area (Å²) in [6, 6.07) is 23.2. The molecule has 1 aliphatic heterocycles. The molecule has 1 atom stereocenters. The van der Waals surface area contributed by atoms with E-state index in [1.54, 1.807) is 19.2 Å². The van der Waals surface area contributed by atoms with Gasteiger partial charge in [-0.1, -0.05) is 42.5 Å². The summed E-state index contributed by atoms with van der Waals surface area (Å²) in [5, 5.41) is 1.17. The van der Waals surface area contributed by atoms with Gasteiger partial charge >= 0.3 is 0 Å². The molecule has 1 fully saturated rings. The quantitative estimate of drug-likeness (QED) is 0.338. The van der Waals surface area contributed by atoms with Crippen molar-refractivity contribution in [3.63, 3.8) is 0 Å². The fraction of sp³-hybridized carbons (Fsp3) is 0.300. The molecule has 1 amide bonds. The molecule has 0 radical (unpaired) electrons. The standard InChI is InChI=1S/C30H32FN3O2/c1-3-32-21-26(24-11-4-6-13-28(24)32)25(22-9-8-10-23(19-22)36-2)20-30(35)34-17-15-33(16-18-34)29-14-7-5-12-27(29)31/h4-14,19,21,25H,3,15-18,20H2,1-2H3/t25-/m1/s1. The Balaban J connectivity index is 1.41. The van der Waals surface area contributed by atoms with Gasteiger partial charge in [-0.2, -0.15) is 0 Å². The maximum atomic E-state index is 14.3. The van der Waals surface area contributed by atoms with Gasteiger partial charge in [0.1, 0.15) is 11.6 Å². The van der Waals surface area contributed by atoms with Gasteiger partial charge in [0, 0.05) is 62.2 Å². The largest absolute Gasteiger partial charge is 0.497 e. The second-order valence-corrected chi connectivity index (χ2v) is 9.24.